The van der Waals surface area contributed by atoms with E-state index in [4.69, 9.17) is 14.6 Å². The normalized spacial score (nSPS) is 30.1. The second kappa shape index (κ2) is 4.92. The fraction of sp³-hybridized carbons (Fsp3) is 0.900. The third-order valence-corrected chi connectivity index (χ3v) is 2.35. The Balaban J connectivity index is 2.35. The van der Waals surface area contributed by atoms with Crippen molar-refractivity contribution in [2.45, 2.75) is 51.1 Å². The van der Waals surface area contributed by atoms with Crippen LogP contribution in [0.1, 0.15) is 33.1 Å². The lowest BCUT2D eigenvalue weighted by Crippen LogP contribution is -2.48. The molecule has 1 heterocycles. The minimum absolute atomic E-state index is 0.105. The lowest BCUT2D eigenvalue weighted by atomic mass is 10.1. The number of hydrogen-bond donors (Lipinski definition) is 2. The van der Waals surface area contributed by atoms with Crippen molar-refractivity contribution in [3.05, 3.63) is 0 Å². The molecule has 1 fully saturated rings. The van der Waals surface area contributed by atoms with Gasteiger partial charge < -0.3 is 19.7 Å². The maximum atomic E-state index is 10.3. The maximum Gasteiger partial charge on any atom is 0.303 e. The average molecular weight is 218 g/mol. The molecule has 5 heteroatoms. The Bertz CT molecular complexity index is 226. The summed E-state index contributed by atoms with van der Waals surface area (Å²) in [4.78, 5) is 10.3. The largest absolute Gasteiger partial charge is 0.481 e. The van der Waals surface area contributed by atoms with Gasteiger partial charge >= 0.3 is 5.97 Å². The van der Waals surface area contributed by atoms with Gasteiger partial charge in [0.2, 0.25) is 0 Å². The van der Waals surface area contributed by atoms with Crippen molar-refractivity contribution in [3.8, 4) is 0 Å². The van der Waals surface area contributed by atoms with Gasteiger partial charge in [0.25, 0.3) is 0 Å². The highest BCUT2D eigenvalue weighted by Crippen LogP contribution is 2.25. The minimum atomic E-state index is -0.823. The summed E-state index contributed by atoms with van der Waals surface area (Å²) in [5.41, 5.74) is 0. The van der Waals surface area contributed by atoms with Crippen LogP contribution in [-0.2, 0) is 14.3 Å². The summed E-state index contributed by atoms with van der Waals surface area (Å²) >= 11 is 0. The number of aliphatic carboxylic acids is 1. The Morgan fingerprint density at radius 2 is 2.20 bits per heavy atom. The molecule has 0 saturated carbocycles. The first-order valence-electron chi connectivity index (χ1n) is 5.12. The molecule has 0 bridgehead atoms. The Morgan fingerprint density at radius 3 is 2.80 bits per heavy atom. The molecule has 0 spiro atoms. The third kappa shape index (κ3) is 4.15. The van der Waals surface area contributed by atoms with E-state index in [0.29, 0.717) is 12.8 Å². The number of aliphatic hydroxyl groups is 1. The van der Waals surface area contributed by atoms with Crippen molar-refractivity contribution in [2.75, 3.05) is 6.61 Å². The minimum Gasteiger partial charge on any atom is -0.481 e. The summed E-state index contributed by atoms with van der Waals surface area (Å²) < 4.78 is 10.7. The molecule has 0 aromatic heterocycles. The quantitative estimate of drug-likeness (QED) is 0.728. The van der Waals surface area contributed by atoms with Gasteiger partial charge in [0, 0.05) is 6.42 Å². The summed E-state index contributed by atoms with van der Waals surface area (Å²) in [7, 11) is 0. The smallest absolute Gasteiger partial charge is 0.303 e. The highest BCUT2D eigenvalue weighted by Gasteiger charge is 2.34. The van der Waals surface area contributed by atoms with Crippen molar-refractivity contribution in [1.82, 2.24) is 0 Å². The van der Waals surface area contributed by atoms with Gasteiger partial charge in [-0.25, -0.2) is 0 Å². The molecule has 2 N–H and O–H groups in total. The standard InChI is InChI=1S/C10H18O5/c1-10(2)14-6-7(11)8(15-10)4-3-5-9(12)13/h7-8,11H,3-6H2,1-2H3,(H,12,13)/t7-,8+/m1/s1. The fourth-order valence-electron chi connectivity index (χ4n) is 1.58. The number of carboxylic acid groups (broad SMARTS) is 1. The summed E-state index contributed by atoms with van der Waals surface area (Å²) in [5, 5.41) is 18.1. The van der Waals surface area contributed by atoms with Gasteiger partial charge in [-0.15, -0.1) is 0 Å². The zero-order chi connectivity index (χ0) is 11.5. The van der Waals surface area contributed by atoms with Gasteiger partial charge in [-0.1, -0.05) is 0 Å². The third-order valence-electron chi connectivity index (χ3n) is 2.35. The monoisotopic (exact) mass is 218 g/mol. The zero-order valence-electron chi connectivity index (χ0n) is 9.10. The van der Waals surface area contributed by atoms with E-state index < -0.39 is 17.9 Å². The Morgan fingerprint density at radius 1 is 1.53 bits per heavy atom. The van der Waals surface area contributed by atoms with E-state index in [-0.39, 0.29) is 19.1 Å². The molecule has 1 aliphatic rings. The first kappa shape index (κ1) is 12.4. The van der Waals surface area contributed by atoms with Crippen LogP contribution < -0.4 is 0 Å². The van der Waals surface area contributed by atoms with E-state index in [1.165, 1.54) is 0 Å². The molecule has 1 saturated heterocycles. The maximum absolute atomic E-state index is 10.3. The van der Waals surface area contributed by atoms with Crippen molar-refractivity contribution >= 4 is 5.97 Å². The summed E-state index contributed by atoms with van der Waals surface area (Å²) in [6.45, 7) is 3.80. The lowest BCUT2D eigenvalue weighted by molar-refractivity contribution is -0.304. The van der Waals surface area contributed by atoms with Crippen molar-refractivity contribution in [1.29, 1.82) is 0 Å². The predicted molar refractivity (Wildman–Crippen MR) is 52.4 cm³/mol. The molecule has 2 atom stereocenters. The zero-order valence-corrected chi connectivity index (χ0v) is 9.10. The molecular weight excluding hydrogens is 200 g/mol. The molecule has 0 aliphatic carbocycles. The van der Waals surface area contributed by atoms with Gasteiger partial charge in [-0.3, -0.25) is 4.79 Å². The number of carboxylic acids is 1. The van der Waals surface area contributed by atoms with Crippen LogP contribution in [-0.4, -0.2) is 40.8 Å². The van der Waals surface area contributed by atoms with Crippen LogP contribution in [0.4, 0.5) is 0 Å². The van der Waals surface area contributed by atoms with Crippen LogP contribution in [0.3, 0.4) is 0 Å². The second-order valence-corrected chi connectivity index (χ2v) is 4.22. The summed E-state index contributed by atoms with van der Waals surface area (Å²) in [5.74, 6) is -1.51. The summed E-state index contributed by atoms with van der Waals surface area (Å²) in [6, 6.07) is 0. The molecule has 0 radical (unpaired) electrons. The van der Waals surface area contributed by atoms with Crippen molar-refractivity contribution in [3.63, 3.8) is 0 Å². The van der Waals surface area contributed by atoms with Gasteiger partial charge in [0.05, 0.1) is 12.7 Å². The Hall–Kier alpha value is -0.650. The Labute approximate surface area is 89.0 Å². The van der Waals surface area contributed by atoms with Crippen LogP contribution in [0.2, 0.25) is 0 Å². The number of rotatable bonds is 4. The van der Waals surface area contributed by atoms with Crippen molar-refractivity contribution < 1.29 is 24.5 Å². The molecule has 0 aromatic carbocycles. The lowest BCUT2D eigenvalue weighted by Gasteiger charge is -2.39. The van der Waals surface area contributed by atoms with Gasteiger partial charge in [0.1, 0.15) is 6.10 Å². The summed E-state index contributed by atoms with van der Waals surface area (Å²) in [6.07, 6.45) is 0.168. The molecular formula is C10H18O5. The van der Waals surface area contributed by atoms with E-state index in [9.17, 15) is 9.90 Å². The predicted octanol–water partition coefficient (Wildman–Crippen LogP) is 0.754. The van der Waals surface area contributed by atoms with E-state index in [2.05, 4.69) is 0 Å². The van der Waals surface area contributed by atoms with Crippen molar-refractivity contribution in [2.24, 2.45) is 0 Å². The molecule has 1 aliphatic heterocycles. The Kier molecular flexibility index (Phi) is 4.07. The highest BCUT2D eigenvalue weighted by atomic mass is 16.7. The topological polar surface area (TPSA) is 76.0 Å². The van der Waals surface area contributed by atoms with Crippen LogP contribution in [0.15, 0.2) is 0 Å². The van der Waals surface area contributed by atoms with E-state index in [1.807, 2.05) is 0 Å². The molecule has 88 valence electrons. The van der Waals surface area contributed by atoms with Crippen LogP contribution in [0.25, 0.3) is 0 Å². The van der Waals surface area contributed by atoms with Crippen LogP contribution in [0.5, 0.6) is 0 Å². The first-order valence-corrected chi connectivity index (χ1v) is 5.12. The molecule has 0 unspecified atom stereocenters. The fourth-order valence-corrected chi connectivity index (χ4v) is 1.58. The highest BCUT2D eigenvalue weighted by molar-refractivity contribution is 5.66. The van der Waals surface area contributed by atoms with Gasteiger partial charge in [-0.2, -0.15) is 0 Å². The number of carbonyl (C=O) groups is 1. The second-order valence-electron chi connectivity index (χ2n) is 4.22. The van der Waals surface area contributed by atoms with E-state index >= 15 is 0 Å². The number of aliphatic hydroxyl groups excluding tert-OH is 1. The van der Waals surface area contributed by atoms with Gasteiger partial charge in [-0.05, 0) is 26.7 Å². The molecule has 5 nitrogen and oxygen atoms in total. The number of ether oxygens (including phenoxy) is 2. The molecule has 0 amide bonds. The molecule has 0 aromatic rings. The average Bonchev–Trinajstić information content (AvgIpc) is 2.10. The van der Waals surface area contributed by atoms with E-state index in [0.717, 1.165) is 0 Å². The first-order chi connectivity index (χ1) is 6.91. The van der Waals surface area contributed by atoms with Crippen LogP contribution >= 0.6 is 0 Å². The number of hydrogen-bond acceptors (Lipinski definition) is 4. The SMILES string of the molecule is CC1(C)OC[C@@H](O)[C@H](CCCC(=O)O)O1. The molecule has 1 rings (SSSR count). The van der Waals surface area contributed by atoms with E-state index in [1.54, 1.807) is 13.8 Å². The van der Waals surface area contributed by atoms with Gasteiger partial charge in [0.15, 0.2) is 5.79 Å². The van der Waals surface area contributed by atoms with Crippen LogP contribution in [0, 0.1) is 0 Å². The molecule has 15 heavy (non-hydrogen) atoms.